The van der Waals surface area contributed by atoms with Gasteiger partial charge in [-0.05, 0) is 30.9 Å². The number of hydrogen-bond donors (Lipinski definition) is 0. The first kappa shape index (κ1) is 10.8. The molecule has 1 aliphatic heterocycles. The normalized spacial score (nSPS) is 14.9. The van der Waals surface area contributed by atoms with Crippen LogP contribution in [0.2, 0.25) is 0 Å². The van der Waals surface area contributed by atoms with Crippen molar-refractivity contribution in [3.05, 3.63) is 23.9 Å². The number of aliphatic imine (C=N–C) groups is 1. The molecule has 2 rings (SSSR count). The molecule has 84 valence electrons. The number of hydrogen-bond acceptors (Lipinski definition) is 4. The third-order valence-corrected chi connectivity index (χ3v) is 2.82. The van der Waals surface area contributed by atoms with E-state index in [2.05, 4.69) is 20.9 Å². The molecule has 0 unspecified atom stereocenters. The van der Waals surface area contributed by atoms with Crippen molar-refractivity contribution in [1.29, 1.82) is 0 Å². The average molecular weight is 217 g/mol. The van der Waals surface area contributed by atoms with Gasteiger partial charge in [0.2, 0.25) is 6.08 Å². The van der Waals surface area contributed by atoms with Gasteiger partial charge in [-0.1, -0.05) is 6.07 Å². The van der Waals surface area contributed by atoms with Crippen LogP contribution in [0.4, 0.5) is 5.82 Å². The molecule has 2 heterocycles. The molecule has 0 aliphatic carbocycles. The highest BCUT2D eigenvalue weighted by Gasteiger charge is 2.12. The Balaban J connectivity index is 1.95. The highest BCUT2D eigenvalue weighted by Crippen LogP contribution is 2.17. The second-order valence-electron chi connectivity index (χ2n) is 3.94. The first-order chi connectivity index (χ1) is 7.90. The minimum absolute atomic E-state index is 0.494. The van der Waals surface area contributed by atoms with Crippen LogP contribution in [0, 0.1) is 0 Å². The molecule has 0 radical (unpaired) electrons. The molecule has 1 aromatic rings. The van der Waals surface area contributed by atoms with Crippen LogP contribution in [-0.2, 0) is 11.2 Å². The van der Waals surface area contributed by atoms with Gasteiger partial charge in [-0.2, -0.15) is 0 Å². The summed E-state index contributed by atoms with van der Waals surface area (Å²) in [6.07, 6.45) is 6.68. The lowest BCUT2D eigenvalue weighted by atomic mass is 10.2. The van der Waals surface area contributed by atoms with E-state index in [1.807, 2.05) is 12.3 Å². The third kappa shape index (κ3) is 2.67. The van der Waals surface area contributed by atoms with Gasteiger partial charge in [0.05, 0.1) is 6.54 Å². The number of isocyanates is 1. The maximum atomic E-state index is 9.91. The van der Waals surface area contributed by atoms with Crippen molar-refractivity contribution in [2.75, 3.05) is 24.5 Å². The highest BCUT2D eigenvalue weighted by molar-refractivity contribution is 5.40. The van der Waals surface area contributed by atoms with E-state index in [1.54, 1.807) is 6.08 Å². The van der Waals surface area contributed by atoms with E-state index >= 15 is 0 Å². The summed E-state index contributed by atoms with van der Waals surface area (Å²) in [6.45, 7) is 2.72. The van der Waals surface area contributed by atoms with Crippen LogP contribution in [0.15, 0.2) is 23.3 Å². The maximum absolute atomic E-state index is 9.91. The van der Waals surface area contributed by atoms with Gasteiger partial charge in [-0.3, -0.25) is 0 Å². The minimum Gasteiger partial charge on any atom is -0.357 e. The van der Waals surface area contributed by atoms with Crippen molar-refractivity contribution in [2.24, 2.45) is 4.99 Å². The maximum Gasteiger partial charge on any atom is 0.234 e. The SMILES string of the molecule is O=C=NCCc1ccc(N2CCCC2)nc1. The Morgan fingerprint density at radius 2 is 2.19 bits per heavy atom. The lowest BCUT2D eigenvalue weighted by molar-refractivity contribution is 0.563. The fourth-order valence-electron chi connectivity index (χ4n) is 1.93. The van der Waals surface area contributed by atoms with Crippen LogP contribution in [0.25, 0.3) is 0 Å². The first-order valence-electron chi connectivity index (χ1n) is 5.63. The molecule has 1 aromatic heterocycles. The van der Waals surface area contributed by atoms with Gasteiger partial charge in [0.25, 0.3) is 0 Å². The number of rotatable bonds is 4. The Morgan fingerprint density at radius 3 is 2.81 bits per heavy atom. The number of nitrogens with zero attached hydrogens (tertiary/aromatic N) is 3. The van der Waals surface area contributed by atoms with Crippen molar-refractivity contribution in [1.82, 2.24) is 4.98 Å². The van der Waals surface area contributed by atoms with Crippen LogP contribution in [0.3, 0.4) is 0 Å². The number of anilines is 1. The summed E-state index contributed by atoms with van der Waals surface area (Å²) in [4.78, 5) is 20.2. The molecule has 1 saturated heterocycles. The summed E-state index contributed by atoms with van der Waals surface area (Å²) in [6, 6.07) is 4.10. The number of aromatic nitrogens is 1. The van der Waals surface area contributed by atoms with E-state index in [-0.39, 0.29) is 0 Å². The van der Waals surface area contributed by atoms with Crippen molar-refractivity contribution in [3.63, 3.8) is 0 Å². The second-order valence-corrected chi connectivity index (χ2v) is 3.94. The van der Waals surface area contributed by atoms with Crippen molar-refractivity contribution in [3.8, 4) is 0 Å². The summed E-state index contributed by atoms with van der Waals surface area (Å²) in [5, 5.41) is 0. The van der Waals surface area contributed by atoms with Gasteiger partial charge in [-0.25, -0.2) is 14.8 Å². The zero-order valence-electron chi connectivity index (χ0n) is 9.22. The van der Waals surface area contributed by atoms with Crippen LogP contribution >= 0.6 is 0 Å². The van der Waals surface area contributed by atoms with Crippen molar-refractivity contribution < 1.29 is 4.79 Å². The van der Waals surface area contributed by atoms with Crippen LogP contribution in [-0.4, -0.2) is 30.7 Å². The van der Waals surface area contributed by atoms with E-state index < -0.39 is 0 Å². The predicted octanol–water partition coefficient (Wildman–Crippen LogP) is 1.56. The smallest absolute Gasteiger partial charge is 0.234 e. The molecule has 0 spiro atoms. The van der Waals surface area contributed by atoms with Crippen molar-refractivity contribution >= 4 is 11.9 Å². The topological polar surface area (TPSA) is 45.6 Å². The van der Waals surface area contributed by atoms with Gasteiger partial charge < -0.3 is 4.90 Å². The molecule has 0 aromatic carbocycles. The molecule has 4 heteroatoms. The molecule has 0 atom stereocenters. The number of carbonyl (C=O) groups excluding carboxylic acids is 1. The summed E-state index contributed by atoms with van der Waals surface area (Å²) >= 11 is 0. The van der Waals surface area contributed by atoms with Gasteiger partial charge in [0.1, 0.15) is 5.82 Å². The largest absolute Gasteiger partial charge is 0.357 e. The fourth-order valence-corrected chi connectivity index (χ4v) is 1.93. The molecule has 4 nitrogen and oxygen atoms in total. The summed E-state index contributed by atoms with van der Waals surface area (Å²) < 4.78 is 0. The summed E-state index contributed by atoms with van der Waals surface area (Å²) in [5.41, 5.74) is 1.11. The standard InChI is InChI=1S/C12H15N3O/c16-10-13-6-5-11-3-4-12(14-9-11)15-7-1-2-8-15/h3-4,9H,1-2,5-8H2. The zero-order chi connectivity index (χ0) is 11.2. The summed E-state index contributed by atoms with van der Waals surface area (Å²) in [7, 11) is 0. The van der Waals surface area contributed by atoms with E-state index in [9.17, 15) is 4.79 Å². The summed E-state index contributed by atoms with van der Waals surface area (Å²) in [5.74, 6) is 1.06. The van der Waals surface area contributed by atoms with Gasteiger partial charge >= 0.3 is 0 Å². The Hall–Kier alpha value is -1.67. The molecule has 0 N–H and O–H groups in total. The lowest BCUT2D eigenvalue weighted by Gasteiger charge is -2.15. The van der Waals surface area contributed by atoms with E-state index in [1.165, 1.54) is 12.8 Å². The Labute approximate surface area is 95.0 Å². The second kappa shape index (κ2) is 5.42. The average Bonchev–Trinajstić information content (AvgIpc) is 2.84. The van der Waals surface area contributed by atoms with E-state index in [0.29, 0.717) is 6.54 Å². The van der Waals surface area contributed by atoms with Gasteiger partial charge in [0.15, 0.2) is 0 Å². The molecule has 1 aliphatic rings. The highest BCUT2D eigenvalue weighted by atomic mass is 16.1. The monoisotopic (exact) mass is 217 g/mol. The molecule has 16 heavy (non-hydrogen) atoms. The fraction of sp³-hybridized carbons (Fsp3) is 0.500. The third-order valence-electron chi connectivity index (χ3n) is 2.82. The van der Waals surface area contributed by atoms with Crippen LogP contribution in [0.1, 0.15) is 18.4 Å². The van der Waals surface area contributed by atoms with E-state index in [4.69, 9.17) is 0 Å². The van der Waals surface area contributed by atoms with Crippen LogP contribution in [0.5, 0.6) is 0 Å². The first-order valence-corrected chi connectivity index (χ1v) is 5.63. The molecular formula is C12H15N3O. The molecular weight excluding hydrogens is 202 g/mol. The predicted molar refractivity (Wildman–Crippen MR) is 62.4 cm³/mol. The van der Waals surface area contributed by atoms with Gasteiger partial charge in [-0.15, -0.1) is 0 Å². The van der Waals surface area contributed by atoms with Gasteiger partial charge in [0, 0.05) is 19.3 Å². The minimum atomic E-state index is 0.494. The van der Waals surface area contributed by atoms with Crippen molar-refractivity contribution in [2.45, 2.75) is 19.3 Å². The molecule has 0 saturated carbocycles. The molecule has 0 bridgehead atoms. The molecule has 0 amide bonds. The Bertz CT molecular complexity index is 376. The lowest BCUT2D eigenvalue weighted by Crippen LogP contribution is -2.18. The Morgan fingerprint density at radius 1 is 1.38 bits per heavy atom. The molecule has 1 fully saturated rings. The Kier molecular flexibility index (Phi) is 3.67. The van der Waals surface area contributed by atoms with Crippen LogP contribution < -0.4 is 4.90 Å². The number of pyridine rings is 1. The zero-order valence-corrected chi connectivity index (χ0v) is 9.22. The quantitative estimate of drug-likeness (QED) is 0.568. The van der Waals surface area contributed by atoms with E-state index in [0.717, 1.165) is 30.9 Å².